The second kappa shape index (κ2) is 9.52. The number of urea groups is 1. The standard InChI is InChI=1S/C24H27N3O5/c1-26-22-18-4-2-3-5-19(18)23(30)20(22)21(25-24(26)31)16-6-8-17(9-7-16)32-15-12-27(10-13-28)11-14-29/h2-9,21,28-29H,10-15H2,1H3,(H,25,31). The van der Waals surface area contributed by atoms with Crippen LogP contribution < -0.4 is 10.1 Å². The summed E-state index contributed by atoms with van der Waals surface area (Å²) >= 11 is 0. The molecule has 168 valence electrons. The molecule has 1 aliphatic heterocycles. The van der Waals surface area contributed by atoms with Crippen LogP contribution in [0.5, 0.6) is 5.75 Å². The molecule has 0 fully saturated rings. The molecule has 1 heterocycles. The van der Waals surface area contributed by atoms with Crippen LogP contribution in [0.15, 0.2) is 54.1 Å². The number of carbonyl (C=O) groups excluding carboxylic acids is 2. The highest BCUT2D eigenvalue weighted by molar-refractivity contribution is 6.23. The molecular formula is C24H27N3O5. The maximum absolute atomic E-state index is 13.1. The van der Waals surface area contributed by atoms with E-state index < -0.39 is 6.04 Å². The first kappa shape index (κ1) is 22.0. The van der Waals surface area contributed by atoms with E-state index >= 15 is 0 Å². The Morgan fingerprint density at radius 1 is 0.969 bits per heavy atom. The molecule has 1 aliphatic carbocycles. The number of ether oxygens (including phenoxy) is 1. The van der Waals surface area contributed by atoms with Gasteiger partial charge in [0.25, 0.3) is 0 Å². The quantitative estimate of drug-likeness (QED) is 0.552. The van der Waals surface area contributed by atoms with E-state index in [2.05, 4.69) is 5.32 Å². The zero-order chi connectivity index (χ0) is 22.7. The van der Waals surface area contributed by atoms with Crippen LogP contribution in [0.3, 0.4) is 0 Å². The van der Waals surface area contributed by atoms with Crippen LogP contribution in [-0.2, 0) is 0 Å². The highest BCUT2D eigenvalue weighted by Crippen LogP contribution is 2.43. The van der Waals surface area contributed by atoms with Crippen molar-refractivity contribution in [2.75, 3.05) is 46.5 Å². The molecule has 0 radical (unpaired) electrons. The summed E-state index contributed by atoms with van der Waals surface area (Å²) in [5.74, 6) is 0.594. The van der Waals surface area contributed by atoms with Gasteiger partial charge >= 0.3 is 6.03 Å². The summed E-state index contributed by atoms with van der Waals surface area (Å²) in [6, 6.07) is 13.9. The minimum absolute atomic E-state index is 0.0252. The van der Waals surface area contributed by atoms with Crippen LogP contribution >= 0.6 is 0 Å². The second-order valence-corrected chi connectivity index (χ2v) is 7.78. The molecule has 4 rings (SSSR count). The van der Waals surface area contributed by atoms with Crippen molar-refractivity contribution in [3.63, 3.8) is 0 Å². The van der Waals surface area contributed by atoms with Gasteiger partial charge in [0.2, 0.25) is 0 Å². The Morgan fingerprint density at radius 2 is 1.62 bits per heavy atom. The maximum atomic E-state index is 13.1. The number of benzene rings is 2. The van der Waals surface area contributed by atoms with Crippen LogP contribution in [0, 0.1) is 0 Å². The second-order valence-electron chi connectivity index (χ2n) is 7.78. The SMILES string of the molecule is CN1C(=O)NC(c2ccc(OCCN(CCO)CCO)cc2)C2=C1c1ccccc1C2=O. The van der Waals surface area contributed by atoms with Gasteiger partial charge in [0, 0.05) is 37.8 Å². The lowest BCUT2D eigenvalue weighted by atomic mass is 9.94. The Morgan fingerprint density at radius 3 is 2.28 bits per heavy atom. The number of nitrogens with one attached hydrogen (secondary N) is 1. The third kappa shape index (κ3) is 4.12. The molecule has 1 atom stereocenters. The van der Waals surface area contributed by atoms with E-state index in [1.54, 1.807) is 13.1 Å². The topological polar surface area (TPSA) is 102 Å². The lowest BCUT2D eigenvalue weighted by Gasteiger charge is -2.32. The summed E-state index contributed by atoms with van der Waals surface area (Å²) < 4.78 is 5.79. The highest BCUT2D eigenvalue weighted by atomic mass is 16.5. The molecule has 0 saturated heterocycles. The highest BCUT2D eigenvalue weighted by Gasteiger charge is 2.42. The molecular weight excluding hydrogens is 410 g/mol. The summed E-state index contributed by atoms with van der Waals surface area (Å²) in [7, 11) is 1.67. The number of carbonyl (C=O) groups is 2. The summed E-state index contributed by atoms with van der Waals surface area (Å²) in [6.45, 7) is 2.00. The molecule has 0 saturated carbocycles. The van der Waals surface area contributed by atoms with Crippen molar-refractivity contribution in [2.24, 2.45) is 0 Å². The summed E-state index contributed by atoms with van der Waals surface area (Å²) in [4.78, 5) is 29.2. The molecule has 8 heteroatoms. The van der Waals surface area contributed by atoms with E-state index in [1.807, 2.05) is 47.4 Å². The molecule has 2 aromatic carbocycles. The lowest BCUT2D eigenvalue weighted by Crippen LogP contribution is -2.44. The van der Waals surface area contributed by atoms with Gasteiger partial charge < -0.3 is 20.3 Å². The van der Waals surface area contributed by atoms with Gasteiger partial charge in [-0.3, -0.25) is 14.6 Å². The van der Waals surface area contributed by atoms with Gasteiger partial charge in [-0.25, -0.2) is 4.79 Å². The molecule has 8 nitrogen and oxygen atoms in total. The van der Waals surface area contributed by atoms with Crippen molar-refractivity contribution in [3.8, 4) is 5.75 Å². The predicted octanol–water partition coefficient (Wildman–Crippen LogP) is 1.66. The average molecular weight is 437 g/mol. The Kier molecular flexibility index (Phi) is 6.55. The van der Waals surface area contributed by atoms with Gasteiger partial charge in [-0.2, -0.15) is 0 Å². The monoisotopic (exact) mass is 437 g/mol. The molecule has 2 aliphatic rings. The third-order valence-corrected chi connectivity index (χ3v) is 5.85. The fraction of sp³-hybridized carbons (Fsp3) is 0.333. The largest absolute Gasteiger partial charge is 0.492 e. The Hall–Kier alpha value is -3.20. The first-order chi connectivity index (χ1) is 15.5. The molecule has 1 unspecified atom stereocenters. The van der Waals surface area contributed by atoms with Gasteiger partial charge in [0.15, 0.2) is 5.78 Å². The van der Waals surface area contributed by atoms with Crippen LogP contribution in [-0.4, -0.2) is 78.3 Å². The summed E-state index contributed by atoms with van der Waals surface area (Å²) in [5, 5.41) is 21.1. The maximum Gasteiger partial charge on any atom is 0.322 e. The lowest BCUT2D eigenvalue weighted by molar-refractivity contribution is 0.102. The number of Topliss-reactive ketones (excluding diaryl/α,β-unsaturated/α-hetero) is 1. The van der Waals surface area contributed by atoms with Gasteiger partial charge in [-0.15, -0.1) is 0 Å². The first-order valence-electron chi connectivity index (χ1n) is 10.6. The van der Waals surface area contributed by atoms with Crippen molar-refractivity contribution in [2.45, 2.75) is 6.04 Å². The minimum atomic E-state index is -0.535. The van der Waals surface area contributed by atoms with Crippen LogP contribution in [0.4, 0.5) is 4.79 Å². The Balaban J connectivity index is 1.51. The normalized spacial score (nSPS) is 17.5. The van der Waals surface area contributed by atoms with E-state index in [0.717, 1.165) is 11.1 Å². The predicted molar refractivity (Wildman–Crippen MR) is 119 cm³/mol. The van der Waals surface area contributed by atoms with Crippen molar-refractivity contribution < 1.29 is 24.5 Å². The number of nitrogens with zero attached hydrogens (tertiary/aromatic N) is 2. The van der Waals surface area contributed by atoms with E-state index in [-0.39, 0.29) is 25.0 Å². The molecule has 3 N–H and O–H groups in total. The van der Waals surface area contributed by atoms with Crippen LogP contribution in [0.1, 0.15) is 27.5 Å². The molecule has 0 aromatic heterocycles. The molecule has 0 spiro atoms. The van der Waals surface area contributed by atoms with Crippen molar-refractivity contribution in [1.29, 1.82) is 0 Å². The number of aliphatic hydroxyl groups is 2. The number of rotatable bonds is 9. The van der Waals surface area contributed by atoms with Crippen LogP contribution in [0.25, 0.3) is 5.70 Å². The molecule has 0 bridgehead atoms. The summed E-state index contributed by atoms with van der Waals surface area (Å²) in [5.41, 5.74) is 3.43. The number of amides is 2. The number of fused-ring (bicyclic) bond motifs is 2. The van der Waals surface area contributed by atoms with Crippen molar-refractivity contribution in [1.82, 2.24) is 15.1 Å². The Labute approximate surface area is 186 Å². The Bertz CT molecular complexity index is 1030. The first-order valence-corrected chi connectivity index (χ1v) is 10.6. The van der Waals surface area contributed by atoms with E-state index in [4.69, 9.17) is 14.9 Å². The summed E-state index contributed by atoms with van der Waals surface area (Å²) in [6.07, 6.45) is 0. The number of hydrogen-bond donors (Lipinski definition) is 3. The van der Waals surface area contributed by atoms with Crippen LogP contribution in [0.2, 0.25) is 0 Å². The van der Waals surface area contributed by atoms with Crippen molar-refractivity contribution >= 4 is 17.5 Å². The van der Waals surface area contributed by atoms with Crippen molar-refractivity contribution in [3.05, 3.63) is 70.8 Å². The van der Waals surface area contributed by atoms with Gasteiger partial charge in [0.05, 0.1) is 30.5 Å². The average Bonchev–Trinajstić information content (AvgIpc) is 3.10. The van der Waals surface area contributed by atoms with Gasteiger partial charge in [-0.1, -0.05) is 36.4 Å². The molecule has 2 aromatic rings. The minimum Gasteiger partial charge on any atom is -0.492 e. The number of ketones is 1. The van der Waals surface area contributed by atoms with E-state index in [1.165, 1.54) is 4.90 Å². The number of hydrogen-bond acceptors (Lipinski definition) is 6. The fourth-order valence-electron chi connectivity index (χ4n) is 4.23. The fourth-order valence-corrected chi connectivity index (χ4v) is 4.23. The molecule has 32 heavy (non-hydrogen) atoms. The number of aliphatic hydroxyl groups excluding tert-OH is 2. The molecule has 2 amide bonds. The zero-order valence-electron chi connectivity index (χ0n) is 18.0. The smallest absolute Gasteiger partial charge is 0.322 e. The van der Waals surface area contributed by atoms with E-state index in [0.29, 0.717) is 48.8 Å². The third-order valence-electron chi connectivity index (χ3n) is 5.85. The van der Waals surface area contributed by atoms with E-state index in [9.17, 15) is 9.59 Å². The van der Waals surface area contributed by atoms with Gasteiger partial charge in [0.1, 0.15) is 12.4 Å². The zero-order valence-corrected chi connectivity index (χ0v) is 18.0. The van der Waals surface area contributed by atoms with Gasteiger partial charge in [-0.05, 0) is 17.7 Å².